The van der Waals surface area contributed by atoms with E-state index in [0.29, 0.717) is 24.3 Å². The molecule has 88 valence electrons. The average Bonchev–Trinajstić information content (AvgIpc) is 2.90. The number of rotatable bonds is 3. The van der Waals surface area contributed by atoms with E-state index in [1.165, 1.54) is 0 Å². The Kier molecular flexibility index (Phi) is 3.30. The van der Waals surface area contributed by atoms with Gasteiger partial charge in [-0.25, -0.2) is 8.42 Å². The van der Waals surface area contributed by atoms with Gasteiger partial charge < -0.3 is 0 Å². The summed E-state index contributed by atoms with van der Waals surface area (Å²) in [6.45, 7) is 0. The van der Waals surface area contributed by atoms with Crippen LogP contribution in [0.3, 0.4) is 0 Å². The van der Waals surface area contributed by atoms with Crippen LogP contribution in [-0.2, 0) is 15.5 Å². The second kappa shape index (κ2) is 4.16. The maximum absolute atomic E-state index is 11.4. The first-order valence-electron chi connectivity index (χ1n) is 4.72. The van der Waals surface area contributed by atoms with Gasteiger partial charge in [0, 0.05) is 20.2 Å². The first-order valence-corrected chi connectivity index (χ1v) is 8.20. The van der Waals surface area contributed by atoms with Crippen LogP contribution in [0, 0.1) is 0 Å². The quantitative estimate of drug-likeness (QED) is 0.783. The van der Waals surface area contributed by atoms with Gasteiger partial charge in [0.2, 0.25) is 9.05 Å². The van der Waals surface area contributed by atoms with E-state index in [-0.39, 0.29) is 0 Å². The van der Waals surface area contributed by atoms with Gasteiger partial charge in [-0.05, 0) is 37.0 Å². The van der Waals surface area contributed by atoms with Gasteiger partial charge in [-0.15, -0.1) is 0 Å². The first kappa shape index (κ1) is 12.7. The SMILES string of the molecule is O=S(=O)(Cl)C1(Cc2ccc(Cl)cc2Br)CC1. The zero-order valence-corrected chi connectivity index (χ0v) is 12.1. The highest BCUT2D eigenvalue weighted by atomic mass is 79.9. The van der Waals surface area contributed by atoms with Crippen LogP contribution in [0.4, 0.5) is 0 Å². The summed E-state index contributed by atoms with van der Waals surface area (Å²) in [6.07, 6.45) is 1.71. The molecule has 0 spiro atoms. The fourth-order valence-electron chi connectivity index (χ4n) is 1.66. The molecule has 2 nitrogen and oxygen atoms in total. The molecule has 1 fully saturated rings. The van der Waals surface area contributed by atoms with Crippen LogP contribution in [0.5, 0.6) is 0 Å². The predicted octanol–water partition coefficient (Wildman–Crippen LogP) is 3.75. The van der Waals surface area contributed by atoms with Gasteiger partial charge >= 0.3 is 0 Å². The molecule has 0 aromatic heterocycles. The van der Waals surface area contributed by atoms with Crippen molar-refractivity contribution in [1.82, 2.24) is 0 Å². The van der Waals surface area contributed by atoms with Crippen molar-refractivity contribution >= 4 is 47.3 Å². The number of hydrogen-bond donors (Lipinski definition) is 0. The van der Waals surface area contributed by atoms with E-state index >= 15 is 0 Å². The van der Waals surface area contributed by atoms with E-state index in [1.807, 2.05) is 6.07 Å². The number of halogens is 3. The summed E-state index contributed by atoms with van der Waals surface area (Å²) in [7, 11) is 1.95. The van der Waals surface area contributed by atoms with Gasteiger partial charge in [0.1, 0.15) is 0 Å². The van der Waals surface area contributed by atoms with Crippen molar-refractivity contribution in [3.05, 3.63) is 33.3 Å². The van der Waals surface area contributed by atoms with Crippen molar-refractivity contribution in [2.75, 3.05) is 0 Å². The normalized spacial score (nSPS) is 18.4. The Morgan fingerprint density at radius 3 is 2.44 bits per heavy atom. The maximum Gasteiger partial charge on any atom is 0.238 e. The Morgan fingerprint density at radius 2 is 2.00 bits per heavy atom. The van der Waals surface area contributed by atoms with Crippen LogP contribution < -0.4 is 0 Å². The molecule has 0 amide bonds. The van der Waals surface area contributed by atoms with Crippen LogP contribution in [0.25, 0.3) is 0 Å². The van der Waals surface area contributed by atoms with Crippen molar-refractivity contribution in [3.8, 4) is 0 Å². The monoisotopic (exact) mass is 342 g/mol. The lowest BCUT2D eigenvalue weighted by molar-refractivity contribution is 0.590. The lowest BCUT2D eigenvalue weighted by Gasteiger charge is -2.12. The minimum atomic E-state index is -3.50. The number of benzene rings is 1. The smallest absolute Gasteiger partial charge is 0.212 e. The van der Waals surface area contributed by atoms with E-state index in [9.17, 15) is 8.42 Å². The molecule has 0 saturated heterocycles. The molecule has 0 radical (unpaired) electrons. The Hall–Kier alpha value is 0.230. The molecular weight excluding hydrogens is 335 g/mol. The molecule has 1 saturated carbocycles. The van der Waals surface area contributed by atoms with Crippen LogP contribution in [0.1, 0.15) is 18.4 Å². The van der Waals surface area contributed by atoms with Gasteiger partial charge in [-0.1, -0.05) is 33.6 Å². The third kappa shape index (κ3) is 2.40. The lowest BCUT2D eigenvalue weighted by atomic mass is 10.1. The van der Waals surface area contributed by atoms with Crippen LogP contribution in [0.15, 0.2) is 22.7 Å². The van der Waals surface area contributed by atoms with Crippen LogP contribution >= 0.6 is 38.2 Å². The minimum Gasteiger partial charge on any atom is -0.212 e. The third-order valence-corrected chi connectivity index (χ3v) is 6.39. The molecule has 1 aromatic carbocycles. The fourth-order valence-corrected chi connectivity index (χ4v) is 4.03. The molecular formula is C10H9BrCl2O2S. The molecule has 2 rings (SSSR count). The lowest BCUT2D eigenvalue weighted by Crippen LogP contribution is -2.21. The van der Waals surface area contributed by atoms with Gasteiger partial charge in [0.05, 0.1) is 4.75 Å². The van der Waals surface area contributed by atoms with Gasteiger partial charge in [-0.3, -0.25) is 0 Å². The molecule has 0 unspecified atom stereocenters. The molecule has 1 aliphatic carbocycles. The van der Waals surface area contributed by atoms with Crippen molar-refractivity contribution in [2.45, 2.75) is 24.0 Å². The van der Waals surface area contributed by atoms with Gasteiger partial charge in [0.15, 0.2) is 0 Å². The summed E-state index contributed by atoms with van der Waals surface area (Å²) >= 11 is 9.19. The van der Waals surface area contributed by atoms with E-state index in [1.54, 1.807) is 12.1 Å². The van der Waals surface area contributed by atoms with Gasteiger partial charge in [0.25, 0.3) is 0 Å². The molecule has 0 aliphatic heterocycles. The Morgan fingerprint density at radius 1 is 1.38 bits per heavy atom. The van der Waals surface area contributed by atoms with E-state index in [0.717, 1.165) is 10.0 Å². The predicted molar refractivity (Wildman–Crippen MR) is 69.6 cm³/mol. The molecule has 6 heteroatoms. The summed E-state index contributed by atoms with van der Waals surface area (Å²) in [4.78, 5) is 0. The van der Waals surface area contributed by atoms with Crippen molar-refractivity contribution in [3.63, 3.8) is 0 Å². The topological polar surface area (TPSA) is 34.1 Å². The second-order valence-corrected chi connectivity index (χ2v) is 8.28. The summed E-state index contributed by atoms with van der Waals surface area (Å²) in [6, 6.07) is 5.33. The minimum absolute atomic E-state index is 0.441. The van der Waals surface area contributed by atoms with Crippen LogP contribution in [-0.4, -0.2) is 13.2 Å². The van der Waals surface area contributed by atoms with Gasteiger partial charge in [-0.2, -0.15) is 0 Å². The van der Waals surface area contributed by atoms with E-state index < -0.39 is 13.8 Å². The fraction of sp³-hybridized carbons (Fsp3) is 0.400. The highest BCUT2D eigenvalue weighted by molar-refractivity contribution is 9.10. The zero-order chi connectivity index (χ0) is 12.0. The molecule has 0 bridgehead atoms. The molecule has 1 aliphatic rings. The summed E-state index contributed by atoms with van der Waals surface area (Å²) < 4.78 is 22.9. The third-order valence-electron chi connectivity index (χ3n) is 2.85. The molecule has 0 N–H and O–H groups in total. The highest BCUT2D eigenvalue weighted by Gasteiger charge is 2.53. The zero-order valence-electron chi connectivity index (χ0n) is 8.21. The van der Waals surface area contributed by atoms with E-state index in [4.69, 9.17) is 22.3 Å². The number of hydrogen-bond acceptors (Lipinski definition) is 2. The van der Waals surface area contributed by atoms with Crippen molar-refractivity contribution < 1.29 is 8.42 Å². The van der Waals surface area contributed by atoms with Crippen molar-refractivity contribution in [1.29, 1.82) is 0 Å². The summed E-state index contributed by atoms with van der Waals surface area (Å²) in [5, 5.41) is 0.620. The highest BCUT2D eigenvalue weighted by Crippen LogP contribution is 2.48. The largest absolute Gasteiger partial charge is 0.238 e. The molecule has 16 heavy (non-hydrogen) atoms. The summed E-state index contributed by atoms with van der Waals surface area (Å²) in [5.74, 6) is 0. The van der Waals surface area contributed by atoms with Crippen LogP contribution in [0.2, 0.25) is 5.02 Å². The maximum atomic E-state index is 11.4. The summed E-state index contributed by atoms with van der Waals surface area (Å²) in [5.41, 5.74) is 0.922. The standard InChI is InChI=1S/C10H9BrCl2O2S/c11-9-5-8(12)2-1-7(9)6-10(3-4-10)16(13,14)15/h1-2,5H,3-4,6H2. The Bertz CT molecular complexity index is 524. The molecule has 1 aromatic rings. The Balaban J connectivity index is 2.29. The van der Waals surface area contributed by atoms with Crippen molar-refractivity contribution in [2.24, 2.45) is 0 Å². The Labute approximate surface area is 112 Å². The second-order valence-electron chi connectivity index (χ2n) is 4.03. The first-order chi connectivity index (χ1) is 7.34. The molecule has 0 atom stereocenters. The van der Waals surface area contributed by atoms with E-state index in [2.05, 4.69) is 15.9 Å². The average molecular weight is 344 g/mol. The molecule has 0 heterocycles.